The number of carbonyl (C=O) groups excluding carboxylic acids is 1. The van der Waals surface area contributed by atoms with Gasteiger partial charge >= 0.3 is 0 Å². The number of nitrogens with one attached hydrogen (secondary N) is 1. The highest BCUT2D eigenvalue weighted by Crippen LogP contribution is 2.22. The fourth-order valence-corrected chi connectivity index (χ4v) is 1.73. The normalized spacial score (nSPS) is 11.2. The van der Waals surface area contributed by atoms with Crippen molar-refractivity contribution in [2.45, 2.75) is 19.4 Å². The van der Waals surface area contributed by atoms with Gasteiger partial charge in [0, 0.05) is 4.47 Å². The second kappa shape index (κ2) is 5.12. The zero-order valence-electron chi connectivity index (χ0n) is 8.68. The van der Waals surface area contributed by atoms with Crippen LogP contribution in [-0.4, -0.2) is 11.2 Å². The van der Waals surface area contributed by atoms with Crippen molar-refractivity contribution >= 4 is 37.8 Å². The minimum absolute atomic E-state index is 0.0112. The maximum absolute atomic E-state index is 11.3. The van der Waals surface area contributed by atoms with Gasteiger partial charge in [-0.1, -0.05) is 44.0 Å². The number of benzene rings is 1. The van der Waals surface area contributed by atoms with Crippen molar-refractivity contribution in [2.75, 3.05) is 5.33 Å². The minimum Gasteiger partial charge on any atom is -0.346 e. The molecule has 0 aliphatic heterocycles. The van der Waals surface area contributed by atoms with Crippen LogP contribution in [0.2, 0.25) is 0 Å². The molecule has 0 saturated carbocycles. The van der Waals surface area contributed by atoms with Gasteiger partial charge in [0.1, 0.15) is 0 Å². The fraction of sp³-hybridized carbons (Fsp3) is 0.364. The third kappa shape index (κ3) is 3.61. The van der Waals surface area contributed by atoms with E-state index in [1.807, 2.05) is 38.1 Å². The summed E-state index contributed by atoms with van der Waals surface area (Å²) >= 11 is 6.51. The van der Waals surface area contributed by atoms with Crippen molar-refractivity contribution in [3.8, 4) is 0 Å². The Labute approximate surface area is 107 Å². The molecule has 0 fully saturated rings. The van der Waals surface area contributed by atoms with Gasteiger partial charge in [-0.3, -0.25) is 4.79 Å². The lowest BCUT2D eigenvalue weighted by Gasteiger charge is -2.26. The Kier molecular flexibility index (Phi) is 4.34. The van der Waals surface area contributed by atoms with E-state index in [1.165, 1.54) is 0 Å². The number of halogens is 2. The summed E-state index contributed by atoms with van der Waals surface area (Å²) in [4.78, 5) is 11.3. The van der Waals surface area contributed by atoms with Crippen LogP contribution in [0.5, 0.6) is 0 Å². The first-order valence-electron chi connectivity index (χ1n) is 4.59. The Morgan fingerprint density at radius 1 is 1.33 bits per heavy atom. The summed E-state index contributed by atoms with van der Waals surface area (Å²) in [5.41, 5.74) is 0.742. The molecular weight excluding hydrogens is 322 g/mol. The third-order valence-electron chi connectivity index (χ3n) is 2.14. The lowest BCUT2D eigenvalue weighted by molar-refractivity contribution is -0.120. The molecule has 15 heavy (non-hydrogen) atoms. The highest BCUT2D eigenvalue weighted by molar-refractivity contribution is 9.10. The molecule has 0 heterocycles. The van der Waals surface area contributed by atoms with E-state index in [0.717, 1.165) is 10.0 Å². The topological polar surface area (TPSA) is 29.1 Å². The zero-order valence-corrected chi connectivity index (χ0v) is 11.9. The van der Waals surface area contributed by atoms with E-state index in [2.05, 4.69) is 37.2 Å². The SMILES string of the molecule is CC(C)(NC(=O)CBr)c1ccc(Br)cc1. The van der Waals surface area contributed by atoms with E-state index in [-0.39, 0.29) is 11.4 Å². The van der Waals surface area contributed by atoms with E-state index < -0.39 is 0 Å². The minimum atomic E-state index is -0.342. The van der Waals surface area contributed by atoms with E-state index in [0.29, 0.717) is 5.33 Å². The first-order valence-corrected chi connectivity index (χ1v) is 6.50. The van der Waals surface area contributed by atoms with Crippen LogP contribution in [0.4, 0.5) is 0 Å². The summed E-state index contributed by atoms with van der Waals surface area (Å²) in [6.45, 7) is 3.97. The van der Waals surface area contributed by atoms with Gasteiger partial charge in [0.25, 0.3) is 0 Å². The molecule has 4 heteroatoms. The van der Waals surface area contributed by atoms with Crippen LogP contribution < -0.4 is 5.32 Å². The second-order valence-electron chi connectivity index (χ2n) is 3.81. The first-order chi connectivity index (χ1) is 6.95. The van der Waals surface area contributed by atoms with E-state index in [1.54, 1.807) is 0 Å². The van der Waals surface area contributed by atoms with Crippen molar-refractivity contribution in [3.05, 3.63) is 34.3 Å². The molecule has 1 aromatic rings. The predicted molar refractivity (Wildman–Crippen MR) is 69.1 cm³/mol. The van der Waals surface area contributed by atoms with Crippen LogP contribution in [0.15, 0.2) is 28.7 Å². The molecular formula is C11H13Br2NO. The largest absolute Gasteiger partial charge is 0.346 e. The van der Waals surface area contributed by atoms with Crippen LogP contribution in [0.1, 0.15) is 19.4 Å². The van der Waals surface area contributed by atoms with Crippen molar-refractivity contribution in [3.63, 3.8) is 0 Å². The molecule has 0 saturated heterocycles. The highest BCUT2D eigenvalue weighted by atomic mass is 79.9. The summed E-state index contributed by atoms with van der Waals surface area (Å²) in [6, 6.07) is 7.94. The predicted octanol–water partition coefficient (Wildman–Crippen LogP) is 3.20. The Morgan fingerprint density at radius 2 is 1.87 bits per heavy atom. The van der Waals surface area contributed by atoms with Gasteiger partial charge in [0.2, 0.25) is 5.91 Å². The standard InChI is InChI=1S/C11H13Br2NO/c1-11(2,14-10(15)7-12)8-3-5-9(13)6-4-8/h3-6H,7H2,1-2H3,(H,14,15). The summed E-state index contributed by atoms with van der Waals surface area (Å²) in [5.74, 6) is -0.0112. The van der Waals surface area contributed by atoms with E-state index in [9.17, 15) is 4.79 Å². The number of hydrogen-bond donors (Lipinski definition) is 1. The smallest absolute Gasteiger partial charge is 0.231 e. The van der Waals surface area contributed by atoms with Gasteiger partial charge in [-0.2, -0.15) is 0 Å². The first kappa shape index (κ1) is 12.7. The highest BCUT2D eigenvalue weighted by Gasteiger charge is 2.21. The number of hydrogen-bond acceptors (Lipinski definition) is 1. The van der Waals surface area contributed by atoms with Crippen LogP contribution in [-0.2, 0) is 10.3 Å². The number of carbonyl (C=O) groups is 1. The molecule has 0 aliphatic rings. The molecule has 1 amide bonds. The number of rotatable bonds is 3. The summed E-state index contributed by atoms with van der Waals surface area (Å²) in [6.07, 6.45) is 0. The van der Waals surface area contributed by atoms with Gasteiger partial charge in [0.15, 0.2) is 0 Å². The maximum atomic E-state index is 11.3. The van der Waals surface area contributed by atoms with Gasteiger partial charge in [-0.25, -0.2) is 0 Å². The lowest BCUT2D eigenvalue weighted by Crippen LogP contribution is -2.41. The Balaban J connectivity index is 2.85. The van der Waals surface area contributed by atoms with Gasteiger partial charge < -0.3 is 5.32 Å². The summed E-state index contributed by atoms with van der Waals surface area (Å²) < 4.78 is 1.04. The molecule has 1 aromatic carbocycles. The molecule has 1 rings (SSSR count). The average molecular weight is 335 g/mol. The fourth-order valence-electron chi connectivity index (χ4n) is 1.32. The van der Waals surface area contributed by atoms with Gasteiger partial charge in [-0.15, -0.1) is 0 Å². The summed E-state index contributed by atoms with van der Waals surface area (Å²) in [7, 11) is 0. The number of amides is 1. The molecule has 2 nitrogen and oxygen atoms in total. The van der Waals surface area contributed by atoms with Crippen molar-refractivity contribution < 1.29 is 4.79 Å². The van der Waals surface area contributed by atoms with Gasteiger partial charge in [-0.05, 0) is 31.5 Å². The molecule has 1 N–H and O–H groups in total. The zero-order chi connectivity index (χ0) is 11.5. The lowest BCUT2D eigenvalue weighted by atomic mass is 9.94. The van der Waals surface area contributed by atoms with Crippen LogP contribution in [0.3, 0.4) is 0 Å². The van der Waals surface area contributed by atoms with Crippen LogP contribution in [0.25, 0.3) is 0 Å². The second-order valence-corrected chi connectivity index (χ2v) is 5.29. The molecule has 0 aromatic heterocycles. The van der Waals surface area contributed by atoms with Crippen LogP contribution in [0, 0.1) is 0 Å². The molecule has 0 radical (unpaired) electrons. The Hall–Kier alpha value is -0.350. The summed E-state index contributed by atoms with van der Waals surface area (Å²) in [5, 5.41) is 3.27. The maximum Gasteiger partial charge on any atom is 0.231 e. The average Bonchev–Trinajstić information content (AvgIpc) is 2.17. The quantitative estimate of drug-likeness (QED) is 0.845. The van der Waals surface area contributed by atoms with Crippen molar-refractivity contribution in [2.24, 2.45) is 0 Å². The Morgan fingerprint density at radius 3 is 2.33 bits per heavy atom. The van der Waals surface area contributed by atoms with Crippen LogP contribution >= 0.6 is 31.9 Å². The van der Waals surface area contributed by atoms with E-state index in [4.69, 9.17) is 0 Å². The van der Waals surface area contributed by atoms with Crippen molar-refractivity contribution in [1.29, 1.82) is 0 Å². The van der Waals surface area contributed by atoms with E-state index >= 15 is 0 Å². The molecule has 0 spiro atoms. The molecule has 0 atom stereocenters. The molecule has 82 valence electrons. The monoisotopic (exact) mass is 333 g/mol. The Bertz CT molecular complexity index is 346. The molecule has 0 bridgehead atoms. The third-order valence-corrected chi connectivity index (χ3v) is 3.18. The molecule has 0 unspecified atom stereocenters. The van der Waals surface area contributed by atoms with Crippen molar-refractivity contribution in [1.82, 2.24) is 5.32 Å². The number of alkyl halides is 1. The van der Waals surface area contributed by atoms with Gasteiger partial charge in [0.05, 0.1) is 10.9 Å². The molecule has 0 aliphatic carbocycles.